The predicted octanol–water partition coefficient (Wildman–Crippen LogP) is 3.66. The minimum atomic E-state index is -0.202. The highest BCUT2D eigenvalue weighted by atomic mass is 35.5. The summed E-state index contributed by atoms with van der Waals surface area (Å²) < 4.78 is 15.9. The second kappa shape index (κ2) is 9.55. The van der Waals surface area contributed by atoms with Crippen LogP contribution >= 0.6 is 11.6 Å². The van der Waals surface area contributed by atoms with E-state index >= 15 is 0 Å². The Labute approximate surface area is 148 Å². The van der Waals surface area contributed by atoms with E-state index in [-0.39, 0.29) is 18.1 Å². The SMILES string of the molecule is COCO/C=C(/NC(C)=O)c1cc(C(C)(C)C)ccc1OCCCl. The molecule has 1 amide bonds. The molecule has 0 atom stereocenters. The lowest BCUT2D eigenvalue weighted by Gasteiger charge is -2.22. The monoisotopic (exact) mass is 355 g/mol. The van der Waals surface area contributed by atoms with Gasteiger partial charge in [-0.3, -0.25) is 4.79 Å². The molecule has 24 heavy (non-hydrogen) atoms. The van der Waals surface area contributed by atoms with E-state index in [1.54, 1.807) is 0 Å². The standard InChI is InChI=1S/C18H26ClNO4/c1-13(21)20-16(11-23-12-22-5)15-10-14(18(2,3)4)6-7-17(15)24-9-8-19/h6-7,10-11H,8-9,12H2,1-5H3,(H,20,21)/b16-11+. The minimum absolute atomic E-state index is 0.0471. The molecule has 0 aliphatic carbocycles. The number of alkyl halides is 1. The molecular weight excluding hydrogens is 330 g/mol. The van der Waals surface area contributed by atoms with Crippen molar-refractivity contribution in [2.24, 2.45) is 0 Å². The van der Waals surface area contributed by atoms with Crippen molar-refractivity contribution < 1.29 is 19.0 Å². The molecule has 1 aromatic rings. The summed E-state index contributed by atoms with van der Waals surface area (Å²) in [5.41, 5.74) is 2.31. The molecule has 0 aliphatic heterocycles. The lowest BCUT2D eigenvalue weighted by Crippen LogP contribution is -2.20. The number of hydrogen-bond donors (Lipinski definition) is 1. The van der Waals surface area contributed by atoms with E-state index in [2.05, 4.69) is 26.1 Å². The van der Waals surface area contributed by atoms with Crippen molar-refractivity contribution in [3.05, 3.63) is 35.6 Å². The van der Waals surface area contributed by atoms with Gasteiger partial charge in [0.1, 0.15) is 18.6 Å². The topological polar surface area (TPSA) is 56.8 Å². The van der Waals surface area contributed by atoms with Crippen LogP contribution in [0.1, 0.15) is 38.8 Å². The third kappa shape index (κ3) is 6.42. The Morgan fingerprint density at radius 2 is 2.04 bits per heavy atom. The molecule has 0 heterocycles. The highest BCUT2D eigenvalue weighted by Crippen LogP contribution is 2.31. The highest BCUT2D eigenvalue weighted by Gasteiger charge is 2.19. The molecule has 5 nitrogen and oxygen atoms in total. The van der Waals surface area contributed by atoms with Crippen molar-refractivity contribution in [1.29, 1.82) is 0 Å². The quantitative estimate of drug-likeness (QED) is 0.334. The number of nitrogens with one attached hydrogen (secondary N) is 1. The van der Waals surface area contributed by atoms with Crippen LogP contribution in [-0.2, 0) is 19.7 Å². The lowest BCUT2D eigenvalue weighted by atomic mass is 9.85. The Morgan fingerprint density at radius 1 is 1.33 bits per heavy atom. The summed E-state index contributed by atoms with van der Waals surface area (Å²) in [5.74, 6) is 0.802. The smallest absolute Gasteiger partial charge is 0.221 e. The van der Waals surface area contributed by atoms with E-state index in [0.29, 0.717) is 23.9 Å². The zero-order valence-electron chi connectivity index (χ0n) is 14.9. The van der Waals surface area contributed by atoms with Crippen LogP contribution in [0, 0.1) is 0 Å². The molecular formula is C18H26ClNO4. The van der Waals surface area contributed by atoms with Crippen molar-refractivity contribution >= 4 is 23.2 Å². The number of halogens is 1. The number of rotatable bonds is 8. The van der Waals surface area contributed by atoms with Gasteiger partial charge < -0.3 is 19.5 Å². The van der Waals surface area contributed by atoms with Crippen LogP contribution in [0.25, 0.3) is 5.70 Å². The summed E-state index contributed by atoms with van der Waals surface area (Å²) in [5, 5.41) is 2.78. The van der Waals surface area contributed by atoms with Gasteiger partial charge in [-0.25, -0.2) is 0 Å². The van der Waals surface area contributed by atoms with Crippen molar-refractivity contribution in [3.8, 4) is 5.75 Å². The minimum Gasteiger partial charge on any atom is -0.492 e. The van der Waals surface area contributed by atoms with Gasteiger partial charge in [-0.1, -0.05) is 26.8 Å². The second-order valence-electron chi connectivity index (χ2n) is 6.28. The summed E-state index contributed by atoms with van der Waals surface area (Å²) in [4.78, 5) is 11.6. The van der Waals surface area contributed by atoms with Gasteiger partial charge in [0.2, 0.25) is 5.91 Å². The maximum Gasteiger partial charge on any atom is 0.221 e. The molecule has 0 spiro atoms. The fourth-order valence-electron chi connectivity index (χ4n) is 2.02. The molecule has 0 bridgehead atoms. The summed E-state index contributed by atoms with van der Waals surface area (Å²) in [6.45, 7) is 8.25. The fourth-order valence-corrected chi connectivity index (χ4v) is 2.09. The van der Waals surface area contributed by atoms with Gasteiger partial charge >= 0.3 is 0 Å². The Morgan fingerprint density at radius 3 is 2.58 bits per heavy atom. The Bertz CT molecular complexity index is 579. The third-order valence-corrected chi connectivity index (χ3v) is 3.32. The number of methoxy groups -OCH3 is 1. The maximum atomic E-state index is 11.6. The van der Waals surface area contributed by atoms with Crippen LogP contribution in [0.15, 0.2) is 24.5 Å². The first-order valence-corrected chi connectivity index (χ1v) is 8.25. The van der Waals surface area contributed by atoms with E-state index in [0.717, 1.165) is 11.1 Å². The Hall–Kier alpha value is -1.72. The van der Waals surface area contributed by atoms with Crippen molar-refractivity contribution in [3.63, 3.8) is 0 Å². The number of amides is 1. The highest BCUT2D eigenvalue weighted by molar-refractivity contribution is 6.18. The second-order valence-corrected chi connectivity index (χ2v) is 6.66. The van der Waals surface area contributed by atoms with E-state index in [9.17, 15) is 4.79 Å². The summed E-state index contributed by atoms with van der Waals surface area (Å²) >= 11 is 5.72. The van der Waals surface area contributed by atoms with Crippen molar-refractivity contribution in [2.75, 3.05) is 26.4 Å². The van der Waals surface area contributed by atoms with E-state index < -0.39 is 0 Å². The van der Waals surface area contributed by atoms with Gasteiger partial charge in [0, 0.05) is 19.6 Å². The first-order valence-electron chi connectivity index (χ1n) is 7.71. The molecule has 0 radical (unpaired) electrons. The Kier molecular flexibility index (Phi) is 8.08. The van der Waals surface area contributed by atoms with Gasteiger partial charge in [0.05, 0.1) is 11.6 Å². The molecule has 134 valence electrons. The van der Waals surface area contributed by atoms with Crippen molar-refractivity contribution in [1.82, 2.24) is 5.32 Å². The van der Waals surface area contributed by atoms with Crippen LogP contribution in [-0.4, -0.2) is 32.3 Å². The van der Waals surface area contributed by atoms with Crippen LogP contribution in [0.4, 0.5) is 0 Å². The molecule has 0 saturated carbocycles. The molecule has 1 aromatic carbocycles. The number of carbonyl (C=O) groups excluding carboxylic acids is 1. The molecule has 6 heteroatoms. The average molecular weight is 356 g/mol. The molecule has 0 unspecified atom stereocenters. The number of hydrogen-bond acceptors (Lipinski definition) is 4. The van der Waals surface area contributed by atoms with E-state index in [1.165, 1.54) is 20.3 Å². The van der Waals surface area contributed by atoms with Gasteiger partial charge in [0.25, 0.3) is 0 Å². The molecule has 0 fully saturated rings. The normalized spacial score (nSPS) is 12.0. The first kappa shape index (κ1) is 20.3. The van der Waals surface area contributed by atoms with Gasteiger partial charge in [0.15, 0.2) is 6.79 Å². The van der Waals surface area contributed by atoms with Crippen LogP contribution in [0.5, 0.6) is 5.75 Å². The third-order valence-electron chi connectivity index (χ3n) is 3.17. The maximum absolute atomic E-state index is 11.6. The van der Waals surface area contributed by atoms with Crippen LogP contribution in [0.3, 0.4) is 0 Å². The molecule has 1 N–H and O–H groups in total. The molecule has 0 saturated heterocycles. The zero-order chi connectivity index (χ0) is 18.2. The number of ether oxygens (including phenoxy) is 3. The van der Waals surface area contributed by atoms with E-state index in [4.69, 9.17) is 25.8 Å². The van der Waals surface area contributed by atoms with Crippen LogP contribution < -0.4 is 10.1 Å². The predicted molar refractivity (Wildman–Crippen MR) is 96.1 cm³/mol. The van der Waals surface area contributed by atoms with Gasteiger partial charge in [-0.2, -0.15) is 0 Å². The summed E-state index contributed by atoms with van der Waals surface area (Å²) in [6, 6.07) is 5.88. The molecule has 1 rings (SSSR count). The van der Waals surface area contributed by atoms with Crippen LogP contribution in [0.2, 0.25) is 0 Å². The fraction of sp³-hybridized carbons (Fsp3) is 0.500. The lowest BCUT2D eigenvalue weighted by molar-refractivity contribution is -0.117. The van der Waals surface area contributed by atoms with Gasteiger partial charge in [-0.15, -0.1) is 11.6 Å². The largest absolute Gasteiger partial charge is 0.492 e. The zero-order valence-corrected chi connectivity index (χ0v) is 15.7. The van der Waals surface area contributed by atoms with Crippen molar-refractivity contribution in [2.45, 2.75) is 33.1 Å². The van der Waals surface area contributed by atoms with Gasteiger partial charge in [-0.05, 0) is 23.1 Å². The summed E-state index contributed by atoms with van der Waals surface area (Å²) in [6.07, 6.45) is 1.46. The number of benzene rings is 1. The molecule has 0 aliphatic rings. The first-order chi connectivity index (χ1) is 11.3. The average Bonchev–Trinajstić information content (AvgIpc) is 2.50. The molecule has 0 aromatic heterocycles. The number of carbonyl (C=O) groups is 1. The summed E-state index contributed by atoms with van der Waals surface area (Å²) in [7, 11) is 1.53. The van der Waals surface area contributed by atoms with E-state index in [1.807, 2.05) is 18.2 Å². The Balaban J connectivity index is 3.33.